The Morgan fingerprint density at radius 3 is 2.33 bits per heavy atom. The van der Waals surface area contributed by atoms with Crippen LogP contribution in [-0.4, -0.2) is 20.2 Å². The van der Waals surface area contributed by atoms with E-state index >= 15 is 0 Å². The van der Waals surface area contributed by atoms with Crippen molar-refractivity contribution in [1.82, 2.24) is 20.2 Å². The molecule has 0 aliphatic carbocycles. The van der Waals surface area contributed by atoms with Crippen LogP contribution in [0.25, 0.3) is 22.6 Å². The summed E-state index contributed by atoms with van der Waals surface area (Å²) in [7, 11) is 0. The monoisotopic (exact) mass is 277 g/mol. The van der Waals surface area contributed by atoms with E-state index in [4.69, 9.17) is 5.73 Å². The standard InChI is InChI=1S/C16H15N5/c1-10-7-11(2)9-12(8-10)14-15(19-16(17)21-20-14)13-5-3-4-6-18-13/h3-9H,1-2H3,(H2,17,19,21). The van der Waals surface area contributed by atoms with Gasteiger partial charge >= 0.3 is 0 Å². The molecule has 0 fully saturated rings. The van der Waals surface area contributed by atoms with E-state index in [0.717, 1.165) is 22.4 Å². The molecule has 2 aromatic heterocycles. The van der Waals surface area contributed by atoms with Crippen molar-refractivity contribution in [2.24, 2.45) is 0 Å². The zero-order valence-corrected chi connectivity index (χ0v) is 11.9. The van der Waals surface area contributed by atoms with Crippen LogP contribution in [0.3, 0.4) is 0 Å². The molecule has 0 unspecified atom stereocenters. The predicted molar refractivity (Wildman–Crippen MR) is 82.4 cm³/mol. The van der Waals surface area contributed by atoms with Crippen molar-refractivity contribution in [3.05, 3.63) is 53.7 Å². The van der Waals surface area contributed by atoms with E-state index < -0.39 is 0 Å². The Morgan fingerprint density at radius 2 is 1.67 bits per heavy atom. The summed E-state index contributed by atoms with van der Waals surface area (Å²) in [6, 6.07) is 11.9. The highest BCUT2D eigenvalue weighted by Gasteiger charge is 2.14. The number of nitrogen functional groups attached to an aromatic ring is 1. The number of aryl methyl sites for hydroxylation is 2. The highest BCUT2D eigenvalue weighted by molar-refractivity contribution is 5.76. The molecule has 0 spiro atoms. The van der Waals surface area contributed by atoms with E-state index in [1.807, 2.05) is 18.2 Å². The van der Waals surface area contributed by atoms with Crippen LogP contribution in [0.15, 0.2) is 42.6 Å². The molecule has 2 N–H and O–H groups in total. The summed E-state index contributed by atoms with van der Waals surface area (Å²) in [4.78, 5) is 8.66. The molecule has 5 nitrogen and oxygen atoms in total. The molecular weight excluding hydrogens is 262 g/mol. The van der Waals surface area contributed by atoms with Gasteiger partial charge < -0.3 is 5.73 Å². The second-order valence-electron chi connectivity index (χ2n) is 4.96. The average molecular weight is 277 g/mol. The third-order valence-electron chi connectivity index (χ3n) is 3.11. The predicted octanol–water partition coefficient (Wildman–Crippen LogP) is 2.80. The lowest BCUT2D eigenvalue weighted by Gasteiger charge is -2.09. The first-order valence-electron chi connectivity index (χ1n) is 6.64. The summed E-state index contributed by atoms with van der Waals surface area (Å²) in [5.74, 6) is 0.142. The second kappa shape index (κ2) is 5.28. The van der Waals surface area contributed by atoms with Crippen LogP contribution in [0.4, 0.5) is 5.95 Å². The fourth-order valence-electron chi connectivity index (χ4n) is 2.33. The number of benzene rings is 1. The topological polar surface area (TPSA) is 77.6 Å². The largest absolute Gasteiger partial charge is 0.366 e. The van der Waals surface area contributed by atoms with Gasteiger partial charge in [0.1, 0.15) is 11.4 Å². The average Bonchev–Trinajstić information content (AvgIpc) is 2.47. The van der Waals surface area contributed by atoms with Gasteiger partial charge in [-0.25, -0.2) is 4.98 Å². The second-order valence-corrected chi connectivity index (χ2v) is 4.96. The van der Waals surface area contributed by atoms with Crippen LogP contribution in [0.2, 0.25) is 0 Å². The number of anilines is 1. The minimum Gasteiger partial charge on any atom is -0.366 e. The summed E-state index contributed by atoms with van der Waals surface area (Å²) >= 11 is 0. The van der Waals surface area contributed by atoms with E-state index in [1.165, 1.54) is 0 Å². The van der Waals surface area contributed by atoms with Crippen molar-refractivity contribution in [1.29, 1.82) is 0 Å². The molecule has 0 radical (unpaired) electrons. The van der Waals surface area contributed by atoms with Crippen LogP contribution in [-0.2, 0) is 0 Å². The smallest absolute Gasteiger partial charge is 0.240 e. The maximum atomic E-state index is 5.69. The maximum Gasteiger partial charge on any atom is 0.240 e. The highest BCUT2D eigenvalue weighted by Crippen LogP contribution is 2.28. The summed E-state index contributed by atoms with van der Waals surface area (Å²) in [6.07, 6.45) is 1.72. The van der Waals surface area contributed by atoms with Crippen LogP contribution in [0, 0.1) is 13.8 Å². The molecule has 0 bridgehead atoms. The SMILES string of the molecule is Cc1cc(C)cc(-c2nnc(N)nc2-c2ccccn2)c1. The normalized spacial score (nSPS) is 10.6. The lowest BCUT2D eigenvalue weighted by atomic mass is 10.0. The minimum atomic E-state index is 0.142. The van der Waals surface area contributed by atoms with Gasteiger partial charge in [-0.3, -0.25) is 4.98 Å². The minimum absolute atomic E-state index is 0.142. The number of nitrogens with zero attached hydrogens (tertiary/aromatic N) is 4. The van der Waals surface area contributed by atoms with Gasteiger partial charge in [0.05, 0.1) is 5.69 Å². The van der Waals surface area contributed by atoms with Crippen molar-refractivity contribution >= 4 is 5.95 Å². The van der Waals surface area contributed by atoms with Gasteiger partial charge in [0.2, 0.25) is 5.95 Å². The van der Waals surface area contributed by atoms with Gasteiger partial charge in [-0.15, -0.1) is 10.2 Å². The molecule has 0 aliphatic heterocycles. The summed E-state index contributed by atoms with van der Waals surface area (Å²) in [5.41, 5.74) is 11.0. The van der Waals surface area contributed by atoms with Crippen LogP contribution >= 0.6 is 0 Å². The van der Waals surface area contributed by atoms with Crippen molar-refractivity contribution in [2.75, 3.05) is 5.73 Å². The lowest BCUT2D eigenvalue weighted by molar-refractivity contribution is 0.992. The van der Waals surface area contributed by atoms with Crippen molar-refractivity contribution in [2.45, 2.75) is 13.8 Å². The van der Waals surface area contributed by atoms with E-state index in [9.17, 15) is 0 Å². The van der Waals surface area contributed by atoms with Gasteiger partial charge in [-0.1, -0.05) is 23.3 Å². The third-order valence-corrected chi connectivity index (χ3v) is 3.11. The summed E-state index contributed by atoms with van der Waals surface area (Å²) in [6.45, 7) is 4.10. The molecule has 2 heterocycles. The van der Waals surface area contributed by atoms with Crippen molar-refractivity contribution in [3.63, 3.8) is 0 Å². The Morgan fingerprint density at radius 1 is 0.905 bits per heavy atom. The van der Waals surface area contributed by atoms with Gasteiger partial charge in [-0.2, -0.15) is 0 Å². The fourth-order valence-corrected chi connectivity index (χ4v) is 2.33. The van der Waals surface area contributed by atoms with Crippen molar-refractivity contribution in [3.8, 4) is 22.6 Å². The molecule has 3 aromatic rings. The summed E-state index contributed by atoms with van der Waals surface area (Å²) in [5, 5.41) is 8.12. The molecule has 1 aromatic carbocycles. The first kappa shape index (κ1) is 13.2. The summed E-state index contributed by atoms with van der Waals surface area (Å²) < 4.78 is 0. The molecule has 21 heavy (non-hydrogen) atoms. The highest BCUT2D eigenvalue weighted by atomic mass is 15.2. The molecule has 3 rings (SSSR count). The molecule has 0 aliphatic rings. The van der Waals surface area contributed by atoms with Crippen LogP contribution in [0.1, 0.15) is 11.1 Å². The van der Waals surface area contributed by atoms with E-state index in [1.54, 1.807) is 6.20 Å². The maximum absolute atomic E-state index is 5.69. The quantitative estimate of drug-likeness (QED) is 0.779. The third kappa shape index (κ3) is 2.72. The molecule has 0 saturated carbocycles. The number of aromatic nitrogens is 4. The Balaban J connectivity index is 2.23. The van der Waals surface area contributed by atoms with Crippen LogP contribution in [0.5, 0.6) is 0 Å². The molecule has 5 heteroatoms. The molecule has 0 atom stereocenters. The number of nitrogens with two attached hydrogens (primary N) is 1. The Kier molecular flexibility index (Phi) is 3.31. The fraction of sp³-hybridized carbons (Fsp3) is 0.125. The number of rotatable bonds is 2. The van der Waals surface area contributed by atoms with Crippen molar-refractivity contribution < 1.29 is 0 Å². The number of hydrogen-bond donors (Lipinski definition) is 1. The van der Waals surface area contributed by atoms with E-state index in [-0.39, 0.29) is 5.95 Å². The first-order chi connectivity index (χ1) is 10.1. The van der Waals surface area contributed by atoms with E-state index in [2.05, 4.69) is 52.2 Å². The van der Waals surface area contributed by atoms with Gasteiger partial charge in [0.15, 0.2) is 0 Å². The zero-order valence-electron chi connectivity index (χ0n) is 11.9. The van der Waals surface area contributed by atoms with Gasteiger partial charge in [-0.05, 0) is 38.1 Å². The first-order valence-corrected chi connectivity index (χ1v) is 6.64. The van der Waals surface area contributed by atoms with Crippen LogP contribution < -0.4 is 5.73 Å². The Hall–Kier alpha value is -2.82. The molecule has 104 valence electrons. The zero-order chi connectivity index (χ0) is 14.8. The number of pyridine rings is 1. The molecular formula is C16H15N5. The van der Waals surface area contributed by atoms with E-state index in [0.29, 0.717) is 11.4 Å². The lowest BCUT2D eigenvalue weighted by Crippen LogP contribution is -2.03. The number of hydrogen-bond acceptors (Lipinski definition) is 5. The van der Waals surface area contributed by atoms with Gasteiger partial charge in [0, 0.05) is 11.8 Å². The molecule has 0 amide bonds. The Labute approximate surface area is 122 Å². The van der Waals surface area contributed by atoms with Gasteiger partial charge in [0.25, 0.3) is 0 Å². The Bertz CT molecular complexity index is 764. The molecule has 0 saturated heterocycles.